The van der Waals surface area contributed by atoms with Gasteiger partial charge < -0.3 is 5.73 Å². The first-order valence-corrected chi connectivity index (χ1v) is 4.96. The maximum absolute atomic E-state index is 13.3. The molecule has 0 bridgehead atoms. The fourth-order valence-corrected chi connectivity index (χ4v) is 1.57. The lowest BCUT2D eigenvalue weighted by Gasteiger charge is -2.12. The molecule has 0 saturated heterocycles. The van der Waals surface area contributed by atoms with Crippen LogP contribution in [0.1, 0.15) is 5.56 Å². The van der Waals surface area contributed by atoms with Gasteiger partial charge in [-0.2, -0.15) is 13.2 Å². The maximum atomic E-state index is 13.3. The van der Waals surface area contributed by atoms with Crippen LogP contribution in [0.2, 0.25) is 0 Å². The van der Waals surface area contributed by atoms with Crippen molar-refractivity contribution >= 4 is 5.69 Å². The van der Waals surface area contributed by atoms with Crippen LogP contribution in [-0.4, -0.2) is 4.98 Å². The second-order valence-corrected chi connectivity index (χ2v) is 3.66. The Morgan fingerprint density at radius 1 is 1.11 bits per heavy atom. The summed E-state index contributed by atoms with van der Waals surface area (Å²) in [5.74, 6) is -0.760. The summed E-state index contributed by atoms with van der Waals surface area (Å²) < 4.78 is 51.6. The molecule has 2 rings (SSSR count). The average molecular weight is 256 g/mol. The number of hydrogen-bond donors (Lipinski definition) is 1. The van der Waals surface area contributed by atoms with Crippen LogP contribution in [0, 0.1) is 5.82 Å². The molecule has 1 aromatic heterocycles. The Kier molecular flexibility index (Phi) is 2.94. The van der Waals surface area contributed by atoms with Crippen LogP contribution in [0.5, 0.6) is 0 Å². The Labute approximate surface area is 100 Å². The molecule has 2 nitrogen and oxygen atoms in total. The van der Waals surface area contributed by atoms with Crippen LogP contribution < -0.4 is 5.73 Å². The number of rotatable bonds is 1. The third-order valence-electron chi connectivity index (χ3n) is 2.44. The maximum Gasteiger partial charge on any atom is 0.417 e. The first-order chi connectivity index (χ1) is 8.39. The third kappa shape index (κ3) is 2.27. The van der Waals surface area contributed by atoms with Crippen LogP contribution in [0.15, 0.2) is 36.7 Å². The zero-order valence-corrected chi connectivity index (χ0v) is 9.00. The number of nitrogen functional groups attached to an aromatic ring is 1. The Hall–Kier alpha value is -2.11. The third-order valence-corrected chi connectivity index (χ3v) is 2.44. The predicted octanol–water partition coefficient (Wildman–Crippen LogP) is 3.49. The monoisotopic (exact) mass is 256 g/mol. The highest BCUT2D eigenvalue weighted by atomic mass is 19.4. The van der Waals surface area contributed by atoms with E-state index in [9.17, 15) is 17.6 Å². The molecular weight excluding hydrogens is 248 g/mol. The summed E-state index contributed by atoms with van der Waals surface area (Å²) in [5, 5.41) is 0. The Morgan fingerprint density at radius 2 is 1.83 bits per heavy atom. The molecular formula is C12H8F4N2. The molecule has 1 aromatic carbocycles. The van der Waals surface area contributed by atoms with Crippen molar-refractivity contribution in [2.75, 3.05) is 5.73 Å². The molecule has 0 spiro atoms. The summed E-state index contributed by atoms with van der Waals surface area (Å²) in [6.45, 7) is 0. The van der Waals surface area contributed by atoms with E-state index in [1.165, 1.54) is 12.1 Å². The minimum Gasteiger partial charge on any atom is -0.396 e. The van der Waals surface area contributed by atoms with E-state index in [0.717, 1.165) is 24.5 Å². The summed E-state index contributed by atoms with van der Waals surface area (Å²) in [6.07, 6.45) is -2.43. The smallest absolute Gasteiger partial charge is 0.396 e. The summed E-state index contributed by atoms with van der Waals surface area (Å²) in [5.41, 5.74) is 4.21. The van der Waals surface area contributed by atoms with Crippen molar-refractivity contribution in [3.05, 3.63) is 48.0 Å². The molecule has 18 heavy (non-hydrogen) atoms. The lowest BCUT2D eigenvalue weighted by Crippen LogP contribution is -2.07. The second kappa shape index (κ2) is 4.29. The minimum absolute atomic E-state index is 0.0853. The number of aromatic nitrogens is 1. The number of nitrogens with zero attached hydrogens (tertiary/aromatic N) is 1. The zero-order chi connectivity index (χ0) is 13.3. The van der Waals surface area contributed by atoms with Gasteiger partial charge in [-0.1, -0.05) is 6.07 Å². The summed E-state index contributed by atoms with van der Waals surface area (Å²) in [6, 6.07) is 4.35. The van der Waals surface area contributed by atoms with Crippen molar-refractivity contribution in [2.45, 2.75) is 6.18 Å². The number of benzene rings is 1. The van der Waals surface area contributed by atoms with E-state index < -0.39 is 17.6 Å². The van der Waals surface area contributed by atoms with Crippen molar-refractivity contribution in [3.8, 4) is 11.1 Å². The standard InChI is InChI=1S/C12H8F4N2/c13-10-5-7(1-2-11(10)17)8-6-18-4-3-9(8)12(14,15)16/h1-6H,17H2. The van der Waals surface area contributed by atoms with Gasteiger partial charge in [0.2, 0.25) is 0 Å². The second-order valence-electron chi connectivity index (χ2n) is 3.66. The molecule has 0 amide bonds. The molecule has 0 unspecified atom stereocenters. The lowest BCUT2D eigenvalue weighted by atomic mass is 10.0. The van der Waals surface area contributed by atoms with Crippen LogP contribution in [0.3, 0.4) is 0 Å². The van der Waals surface area contributed by atoms with E-state index in [0.29, 0.717) is 0 Å². The van der Waals surface area contributed by atoms with Crippen molar-refractivity contribution in [2.24, 2.45) is 0 Å². The molecule has 0 aliphatic heterocycles. The van der Waals surface area contributed by atoms with Crippen LogP contribution in [0.4, 0.5) is 23.2 Å². The molecule has 1 heterocycles. The summed E-state index contributed by atoms with van der Waals surface area (Å²) >= 11 is 0. The molecule has 2 N–H and O–H groups in total. The topological polar surface area (TPSA) is 38.9 Å². The number of halogens is 4. The van der Waals surface area contributed by atoms with Crippen LogP contribution >= 0.6 is 0 Å². The van der Waals surface area contributed by atoms with E-state index in [-0.39, 0.29) is 16.8 Å². The van der Waals surface area contributed by atoms with Gasteiger partial charge in [-0.25, -0.2) is 4.39 Å². The molecule has 0 radical (unpaired) electrons. The van der Waals surface area contributed by atoms with Gasteiger partial charge in [0.1, 0.15) is 5.82 Å². The Balaban J connectivity index is 2.61. The van der Waals surface area contributed by atoms with Crippen molar-refractivity contribution in [1.82, 2.24) is 4.98 Å². The molecule has 0 aliphatic rings. The van der Waals surface area contributed by atoms with Gasteiger partial charge in [0.25, 0.3) is 0 Å². The van der Waals surface area contributed by atoms with Crippen LogP contribution in [-0.2, 0) is 6.18 Å². The number of hydrogen-bond acceptors (Lipinski definition) is 2. The number of alkyl halides is 3. The number of pyridine rings is 1. The number of anilines is 1. The SMILES string of the molecule is Nc1ccc(-c2cnccc2C(F)(F)F)cc1F. The van der Waals surface area contributed by atoms with E-state index in [2.05, 4.69) is 4.98 Å². The van der Waals surface area contributed by atoms with Gasteiger partial charge in [-0.3, -0.25) is 4.98 Å². The average Bonchev–Trinajstić information content (AvgIpc) is 2.32. The van der Waals surface area contributed by atoms with Gasteiger partial charge in [0, 0.05) is 18.0 Å². The van der Waals surface area contributed by atoms with Gasteiger partial charge in [0.15, 0.2) is 0 Å². The summed E-state index contributed by atoms with van der Waals surface area (Å²) in [7, 11) is 0. The molecule has 94 valence electrons. The molecule has 0 fully saturated rings. The van der Waals surface area contributed by atoms with Gasteiger partial charge in [-0.05, 0) is 23.8 Å². The number of nitrogens with two attached hydrogens (primary N) is 1. The highest BCUT2D eigenvalue weighted by Crippen LogP contribution is 2.36. The van der Waals surface area contributed by atoms with E-state index in [1.54, 1.807) is 0 Å². The van der Waals surface area contributed by atoms with Gasteiger partial charge >= 0.3 is 6.18 Å². The predicted molar refractivity (Wildman–Crippen MR) is 59.0 cm³/mol. The van der Waals surface area contributed by atoms with Gasteiger partial charge in [-0.15, -0.1) is 0 Å². The first-order valence-electron chi connectivity index (χ1n) is 4.96. The molecule has 0 saturated carbocycles. The highest BCUT2D eigenvalue weighted by Gasteiger charge is 2.33. The Bertz CT molecular complexity index is 579. The van der Waals surface area contributed by atoms with E-state index in [4.69, 9.17) is 5.73 Å². The van der Waals surface area contributed by atoms with E-state index >= 15 is 0 Å². The normalized spacial score (nSPS) is 11.6. The molecule has 2 aromatic rings. The molecule has 6 heteroatoms. The minimum atomic E-state index is -4.52. The fourth-order valence-electron chi connectivity index (χ4n) is 1.57. The van der Waals surface area contributed by atoms with Gasteiger partial charge in [0.05, 0.1) is 11.3 Å². The molecule has 0 aliphatic carbocycles. The van der Waals surface area contributed by atoms with Crippen molar-refractivity contribution < 1.29 is 17.6 Å². The summed E-state index contributed by atoms with van der Waals surface area (Å²) in [4.78, 5) is 3.63. The van der Waals surface area contributed by atoms with Crippen LogP contribution in [0.25, 0.3) is 11.1 Å². The van der Waals surface area contributed by atoms with E-state index in [1.807, 2.05) is 0 Å². The largest absolute Gasteiger partial charge is 0.417 e. The zero-order valence-electron chi connectivity index (χ0n) is 9.00. The van der Waals surface area contributed by atoms with Crippen molar-refractivity contribution in [3.63, 3.8) is 0 Å². The lowest BCUT2D eigenvalue weighted by molar-refractivity contribution is -0.137. The molecule has 0 atom stereocenters. The van der Waals surface area contributed by atoms with Crippen molar-refractivity contribution in [1.29, 1.82) is 0 Å². The fraction of sp³-hybridized carbons (Fsp3) is 0.0833. The Morgan fingerprint density at radius 3 is 2.44 bits per heavy atom. The quantitative estimate of drug-likeness (QED) is 0.626. The first kappa shape index (κ1) is 12.3. The highest BCUT2D eigenvalue weighted by molar-refractivity contribution is 5.68.